The maximum atomic E-state index is 12.2. The van der Waals surface area contributed by atoms with Crippen molar-refractivity contribution in [1.82, 2.24) is 10.2 Å². The van der Waals surface area contributed by atoms with Gasteiger partial charge in [-0.15, -0.1) is 0 Å². The molecule has 0 aromatic carbocycles. The lowest BCUT2D eigenvalue weighted by Gasteiger charge is -2.35. The Balaban J connectivity index is 1.75. The highest BCUT2D eigenvalue weighted by molar-refractivity contribution is 5.81. The summed E-state index contributed by atoms with van der Waals surface area (Å²) in [6, 6.07) is 0.108. The number of nitrogens with zero attached hydrogens (tertiary/aromatic N) is 1. The number of ether oxygens (including phenoxy) is 1. The van der Waals surface area contributed by atoms with E-state index in [0.29, 0.717) is 6.04 Å². The molecule has 0 aromatic rings. The van der Waals surface area contributed by atoms with Crippen molar-refractivity contribution in [2.75, 3.05) is 32.8 Å². The molecule has 0 radical (unpaired) electrons. The SMILES string of the molecule is CCN1CCCCC1CNC(=O)C(N)C1CCOCC1. The quantitative estimate of drug-likeness (QED) is 0.780. The first-order valence-electron chi connectivity index (χ1n) is 8.07. The Labute approximate surface area is 122 Å². The molecule has 5 nitrogen and oxygen atoms in total. The van der Waals surface area contributed by atoms with Crippen LogP contribution in [0.2, 0.25) is 0 Å². The van der Waals surface area contributed by atoms with E-state index in [1.54, 1.807) is 0 Å². The van der Waals surface area contributed by atoms with Crippen LogP contribution in [0.25, 0.3) is 0 Å². The molecule has 2 atom stereocenters. The molecular formula is C15H29N3O2. The van der Waals surface area contributed by atoms with Gasteiger partial charge in [0.15, 0.2) is 0 Å². The highest BCUT2D eigenvalue weighted by Crippen LogP contribution is 2.18. The van der Waals surface area contributed by atoms with Gasteiger partial charge < -0.3 is 15.8 Å². The van der Waals surface area contributed by atoms with Crippen molar-refractivity contribution in [2.24, 2.45) is 11.7 Å². The first kappa shape index (κ1) is 15.7. The van der Waals surface area contributed by atoms with Gasteiger partial charge in [0.25, 0.3) is 0 Å². The molecule has 0 aromatic heterocycles. The zero-order chi connectivity index (χ0) is 14.4. The normalized spacial score (nSPS) is 27.2. The van der Waals surface area contributed by atoms with Gasteiger partial charge in [-0.2, -0.15) is 0 Å². The number of hydrogen-bond donors (Lipinski definition) is 2. The average Bonchev–Trinajstić information content (AvgIpc) is 2.53. The predicted octanol–water partition coefficient (Wildman–Crippen LogP) is 0.731. The molecule has 0 spiro atoms. The summed E-state index contributed by atoms with van der Waals surface area (Å²) in [5.41, 5.74) is 6.09. The summed E-state index contributed by atoms with van der Waals surface area (Å²) in [7, 11) is 0. The first-order chi connectivity index (χ1) is 9.72. The standard InChI is InChI=1S/C15H29N3O2/c1-2-18-8-4-3-5-13(18)11-17-15(19)14(16)12-6-9-20-10-7-12/h12-14H,2-11,16H2,1H3,(H,17,19). The second-order valence-electron chi connectivity index (χ2n) is 6.00. The van der Waals surface area contributed by atoms with Gasteiger partial charge in [0.2, 0.25) is 5.91 Å². The van der Waals surface area contributed by atoms with Crippen molar-refractivity contribution in [2.45, 2.75) is 51.1 Å². The molecule has 2 aliphatic rings. The molecule has 20 heavy (non-hydrogen) atoms. The fourth-order valence-electron chi connectivity index (χ4n) is 3.33. The first-order valence-corrected chi connectivity index (χ1v) is 8.07. The summed E-state index contributed by atoms with van der Waals surface area (Å²) < 4.78 is 5.32. The second-order valence-corrected chi connectivity index (χ2v) is 6.00. The molecule has 3 N–H and O–H groups in total. The van der Waals surface area contributed by atoms with E-state index in [1.165, 1.54) is 19.3 Å². The number of piperidine rings is 1. The minimum absolute atomic E-state index is 0.0125. The van der Waals surface area contributed by atoms with Crippen LogP contribution in [0.5, 0.6) is 0 Å². The third-order valence-electron chi connectivity index (χ3n) is 4.74. The van der Waals surface area contributed by atoms with Gasteiger partial charge in [-0.3, -0.25) is 9.69 Å². The van der Waals surface area contributed by atoms with Crippen molar-refractivity contribution in [3.05, 3.63) is 0 Å². The van der Waals surface area contributed by atoms with Crippen LogP contribution in [0.3, 0.4) is 0 Å². The Kier molecular flexibility index (Phi) is 6.26. The van der Waals surface area contributed by atoms with Gasteiger partial charge in [-0.1, -0.05) is 13.3 Å². The molecule has 2 heterocycles. The van der Waals surface area contributed by atoms with Crippen LogP contribution in [-0.4, -0.2) is 55.7 Å². The molecule has 2 unspecified atom stereocenters. The summed E-state index contributed by atoms with van der Waals surface area (Å²) in [5.74, 6) is 0.288. The Hall–Kier alpha value is -0.650. The van der Waals surface area contributed by atoms with Crippen molar-refractivity contribution in [3.8, 4) is 0 Å². The highest BCUT2D eigenvalue weighted by atomic mass is 16.5. The zero-order valence-corrected chi connectivity index (χ0v) is 12.6. The molecular weight excluding hydrogens is 254 g/mol. The van der Waals surface area contributed by atoms with Crippen LogP contribution < -0.4 is 11.1 Å². The lowest BCUT2D eigenvalue weighted by Crippen LogP contribution is -2.52. The Morgan fingerprint density at radius 1 is 1.35 bits per heavy atom. The number of likely N-dealkylation sites (N-methyl/N-ethyl adjacent to an activating group) is 1. The highest BCUT2D eigenvalue weighted by Gasteiger charge is 2.28. The van der Waals surface area contributed by atoms with Gasteiger partial charge in [-0.25, -0.2) is 0 Å². The lowest BCUT2D eigenvalue weighted by molar-refractivity contribution is -0.124. The van der Waals surface area contributed by atoms with Gasteiger partial charge in [0.05, 0.1) is 6.04 Å². The van der Waals surface area contributed by atoms with E-state index in [2.05, 4.69) is 17.1 Å². The van der Waals surface area contributed by atoms with E-state index in [4.69, 9.17) is 10.5 Å². The average molecular weight is 283 g/mol. The van der Waals surface area contributed by atoms with Crippen LogP contribution in [0, 0.1) is 5.92 Å². The maximum Gasteiger partial charge on any atom is 0.237 e. The second kappa shape index (κ2) is 7.96. The third kappa shape index (κ3) is 4.17. The number of hydrogen-bond acceptors (Lipinski definition) is 4. The third-order valence-corrected chi connectivity index (χ3v) is 4.74. The Morgan fingerprint density at radius 2 is 2.10 bits per heavy atom. The molecule has 116 valence electrons. The van der Waals surface area contributed by atoms with Crippen molar-refractivity contribution in [3.63, 3.8) is 0 Å². The smallest absolute Gasteiger partial charge is 0.237 e. The van der Waals surface area contributed by atoms with Crippen molar-refractivity contribution < 1.29 is 9.53 Å². The molecule has 0 bridgehead atoms. The summed E-state index contributed by atoms with van der Waals surface area (Å²) in [6.45, 7) is 6.61. The van der Waals surface area contributed by atoms with Crippen LogP contribution in [-0.2, 0) is 9.53 Å². The van der Waals surface area contributed by atoms with Gasteiger partial charge in [0.1, 0.15) is 0 Å². The number of nitrogens with one attached hydrogen (secondary N) is 1. The fraction of sp³-hybridized carbons (Fsp3) is 0.933. The molecule has 5 heteroatoms. The van der Waals surface area contributed by atoms with E-state index in [-0.39, 0.29) is 17.9 Å². The minimum atomic E-state index is -0.377. The van der Waals surface area contributed by atoms with E-state index in [0.717, 1.165) is 45.7 Å². The number of carbonyl (C=O) groups excluding carboxylic acids is 1. The van der Waals surface area contributed by atoms with Crippen LogP contribution in [0.1, 0.15) is 39.0 Å². The van der Waals surface area contributed by atoms with Crippen molar-refractivity contribution >= 4 is 5.91 Å². The Bertz CT molecular complexity index is 305. The maximum absolute atomic E-state index is 12.2. The van der Waals surface area contributed by atoms with Crippen LogP contribution in [0.15, 0.2) is 0 Å². The van der Waals surface area contributed by atoms with E-state index in [1.807, 2.05) is 0 Å². The molecule has 2 rings (SSSR count). The van der Waals surface area contributed by atoms with E-state index in [9.17, 15) is 4.79 Å². The summed E-state index contributed by atoms with van der Waals surface area (Å²) in [5, 5.41) is 3.07. The largest absolute Gasteiger partial charge is 0.381 e. The molecule has 2 saturated heterocycles. The lowest BCUT2D eigenvalue weighted by atomic mass is 9.91. The van der Waals surface area contributed by atoms with Gasteiger partial charge in [0, 0.05) is 25.8 Å². The molecule has 0 aliphatic carbocycles. The fourth-order valence-corrected chi connectivity index (χ4v) is 3.33. The molecule has 1 amide bonds. The summed E-state index contributed by atoms with van der Waals surface area (Å²) in [4.78, 5) is 14.6. The van der Waals surface area contributed by atoms with Crippen LogP contribution >= 0.6 is 0 Å². The number of carbonyl (C=O) groups is 1. The van der Waals surface area contributed by atoms with Crippen molar-refractivity contribution in [1.29, 1.82) is 0 Å². The van der Waals surface area contributed by atoms with Gasteiger partial charge >= 0.3 is 0 Å². The molecule has 0 saturated carbocycles. The molecule has 2 fully saturated rings. The number of likely N-dealkylation sites (tertiary alicyclic amines) is 1. The number of nitrogens with two attached hydrogens (primary N) is 1. The van der Waals surface area contributed by atoms with Gasteiger partial charge in [-0.05, 0) is 44.7 Å². The van der Waals surface area contributed by atoms with E-state index < -0.39 is 0 Å². The number of amides is 1. The molecule has 2 aliphatic heterocycles. The number of rotatable bonds is 5. The summed E-state index contributed by atoms with van der Waals surface area (Å²) in [6.07, 6.45) is 5.53. The topological polar surface area (TPSA) is 67.6 Å². The Morgan fingerprint density at radius 3 is 2.80 bits per heavy atom. The zero-order valence-electron chi connectivity index (χ0n) is 12.6. The van der Waals surface area contributed by atoms with Crippen LogP contribution in [0.4, 0.5) is 0 Å². The minimum Gasteiger partial charge on any atom is -0.381 e. The predicted molar refractivity (Wildman–Crippen MR) is 79.4 cm³/mol. The summed E-state index contributed by atoms with van der Waals surface area (Å²) >= 11 is 0. The van der Waals surface area contributed by atoms with E-state index >= 15 is 0 Å². The monoisotopic (exact) mass is 283 g/mol.